The average molecular weight is 216 g/mol. The van der Waals surface area contributed by atoms with Crippen LogP contribution in [0.1, 0.15) is 25.5 Å². The number of hydrogen-bond acceptors (Lipinski definition) is 3. The Kier molecular flexibility index (Phi) is 3.19. The Morgan fingerprint density at radius 2 is 2.25 bits per heavy atom. The largest absolute Gasteiger partial charge is 0.366 e. The second-order valence-corrected chi connectivity index (χ2v) is 3.99. The van der Waals surface area contributed by atoms with Crippen LogP contribution in [0.3, 0.4) is 0 Å². The van der Waals surface area contributed by atoms with Crippen molar-refractivity contribution in [1.29, 1.82) is 0 Å². The van der Waals surface area contributed by atoms with Crippen molar-refractivity contribution in [2.24, 2.45) is 0 Å². The minimum atomic E-state index is 0.406. The molecule has 0 fully saturated rings. The summed E-state index contributed by atoms with van der Waals surface area (Å²) in [6.07, 6.45) is 5.72. The molecule has 0 aliphatic rings. The van der Waals surface area contributed by atoms with Gasteiger partial charge in [0, 0.05) is 30.5 Å². The van der Waals surface area contributed by atoms with E-state index in [0.717, 1.165) is 12.4 Å². The van der Waals surface area contributed by atoms with Crippen LogP contribution in [0.25, 0.3) is 0 Å². The highest BCUT2D eigenvalue weighted by atomic mass is 15.3. The third kappa shape index (κ3) is 2.59. The van der Waals surface area contributed by atoms with Crippen molar-refractivity contribution < 1.29 is 0 Å². The summed E-state index contributed by atoms with van der Waals surface area (Å²) in [6, 6.07) is 6.23. The van der Waals surface area contributed by atoms with Crippen molar-refractivity contribution in [3.05, 3.63) is 42.4 Å². The Hall–Kier alpha value is -1.84. The highest BCUT2D eigenvalue weighted by molar-refractivity contribution is 5.33. The number of anilines is 1. The van der Waals surface area contributed by atoms with E-state index in [1.807, 2.05) is 29.1 Å². The van der Waals surface area contributed by atoms with Crippen LogP contribution in [0, 0.1) is 0 Å². The van der Waals surface area contributed by atoms with Crippen LogP contribution in [0.4, 0.5) is 5.82 Å². The minimum Gasteiger partial charge on any atom is -0.366 e. The van der Waals surface area contributed by atoms with Crippen LogP contribution in [0.5, 0.6) is 0 Å². The van der Waals surface area contributed by atoms with Gasteiger partial charge in [-0.05, 0) is 26.0 Å². The Morgan fingerprint density at radius 1 is 1.38 bits per heavy atom. The molecular weight excluding hydrogens is 200 g/mol. The van der Waals surface area contributed by atoms with Crippen molar-refractivity contribution in [3.63, 3.8) is 0 Å². The van der Waals surface area contributed by atoms with Crippen molar-refractivity contribution in [3.8, 4) is 0 Å². The van der Waals surface area contributed by atoms with E-state index in [-0.39, 0.29) is 0 Å². The first kappa shape index (κ1) is 10.7. The number of aromatic nitrogens is 3. The summed E-state index contributed by atoms with van der Waals surface area (Å²) in [5.74, 6) is 0.889. The summed E-state index contributed by atoms with van der Waals surface area (Å²) in [5.41, 5.74) is 1.17. The third-order valence-corrected chi connectivity index (χ3v) is 2.32. The summed E-state index contributed by atoms with van der Waals surface area (Å²) in [5, 5.41) is 7.53. The SMILES string of the molecule is CC(C)n1cc(CNc2ccccn2)cn1. The first-order chi connectivity index (χ1) is 7.75. The third-order valence-electron chi connectivity index (χ3n) is 2.32. The molecule has 0 amide bonds. The highest BCUT2D eigenvalue weighted by Crippen LogP contribution is 2.07. The summed E-state index contributed by atoms with van der Waals surface area (Å²) < 4.78 is 1.95. The predicted octanol–water partition coefficient (Wildman–Crippen LogP) is 2.47. The zero-order chi connectivity index (χ0) is 11.4. The molecule has 0 saturated heterocycles. The first-order valence-corrected chi connectivity index (χ1v) is 5.43. The van der Waals surface area contributed by atoms with Crippen LogP contribution in [-0.2, 0) is 6.54 Å². The number of pyridine rings is 1. The standard InChI is InChI=1S/C12H16N4/c1-10(2)16-9-11(8-15-16)7-14-12-5-3-4-6-13-12/h3-6,8-10H,7H2,1-2H3,(H,13,14). The molecule has 0 aliphatic carbocycles. The van der Waals surface area contributed by atoms with Gasteiger partial charge in [-0.25, -0.2) is 4.98 Å². The molecule has 2 rings (SSSR count). The van der Waals surface area contributed by atoms with Gasteiger partial charge in [0.15, 0.2) is 0 Å². The van der Waals surface area contributed by atoms with E-state index in [0.29, 0.717) is 6.04 Å². The van der Waals surface area contributed by atoms with E-state index >= 15 is 0 Å². The van der Waals surface area contributed by atoms with E-state index in [1.165, 1.54) is 5.56 Å². The lowest BCUT2D eigenvalue weighted by molar-refractivity contribution is 0.532. The second kappa shape index (κ2) is 4.79. The lowest BCUT2D eigenvalue weighted by Gasteiger charge is -2.04. The molecule has 1 N–H and O–H groups in total. The summed E-state index contributed by atoms with van der Waals surface area (Å²) in [4.78, 5) is 4.20. The Balaban J connectivity index is 1.95. The molecule has 0 atom stereocenters. The van der Waals surface area contributed by atoms with Crippen LogP contribution in [0.15, 0.2) is 36.8 Å². The van der Waals surface area contributed by atoms with E-state index in [2.05, 4.69) is 35.4 Å². The summed E-state index contributed by atoms with van der Waals surface area (Å²) >= 11 is 0. The van der Waals surface area contributed by atoms with Gasteiger partial charge in [0.1, 0.15) is 5.82 Å². The fraction of sp³-hybridized carbons (Fsp3) is 0.333. The molecular formula is C12H16N4. The van der Waals surface area contributed by atoms with Gasteiger partial charge < -0.3 is 5.32 Å². The van der Waals surface area contributed by atoms with Gasteiger partial charge in [-0.2, -0.15) is 5.10 Å². The molecule has 16 heavy (non-hydrogen) atoms. The van der Waals surface area contributed by atoms with Gasteiger partial charge >= 0.3 is 0 Å². The zero-order valence-electron chi connectivity index (χ0n) is 9.59. The summed E-state index contributed by atoms with van der Waals surface area (Å²) in [6.45, 7) is 4.98. The van der Waals surface area contributed by atoms with Crippen molar-refractivity contribution >= 4 is 5.82 Å². The summed E-state index contributed by atoms with van der Waals surface area (Å²) in [7, 11) is 0. The smallest absolute Gasteiger partial charge is 0.126 e. The molecule has 4 nitrogen and oxygen atoms in total. The van der Waals surface area contributed by atoms with Crippen molar-refractivity contribution in [2.75, 3.05) is 5.32 Å². The van der Waals surface area contributed by atoms with Gasteiger partial charge in [0.2, 0.25) is 0 Å². The van der Waals surface area contributed by atoms with Gasteiger partial charge in [-0.3, -0.25) is 4.68 Å². The Labute approximate surface area is 95.3 Å². The molecule has 0 bridgehead atoms. The lowest BCUT2D eigenvalue weighted by atomic mass is 10.3. The lowest BCUT2D eigenvalue weighted by Crippen LogP contribution is -2.01. The number of hydrogen-bond donors (Lipinski definition) is 1. The molecule has 0 aliphatic heterocycles. The number of nitrogens with zero attached hydrogens (tertiary/aromatic N) is 3. The molecule has 2 aromatic rings. The van der Waals surface area contributed by atoms with Crippen molar-refractivity contribution in [2.45, 2.75) is 26.4 Å². The van der Waals surface area contributed by atoms with Gasteiger partial charge in [-0.1, -0.05) is 6.07 Å². The minimum absolute atomic E-state index is 0.406. The quantitative estimate of drug-likeness (QED) is 0.853. The molecule has 0 saturated carbocycles. The van der Waals surface area contributed by atoms with Gasteiger partial charge in [0.05, 0.1) is 6.20 Å². The maximum Gasteiger partial charge on any atom is 0.126 e. The van der Waals surface area contributed by atoms with Crippen LogP contribution in [-0.4, -0.2) is 14.8 Å². The molecule has 2 heterocycles. The average Bonchev–Trinajstić information content (AvgIpc) is 2.76. The molecule has 4 heteroatoms. The van der Waals surface area contributed by atoms with Gasteiger partial charge in [0.25, 0.3) is 0 Å². The monoisotopic (exact) mass is 216 g/mol. The van der Waals surface area contributed by atoms with E-state index in [4.69, 9.17) is 0 Å². The number of nitrogens with one attached hydrogen (secondary N) is 1. The van der Waals surface area contributed by atoms with E-state index < -0.39 is 0 Å². The topological polar surface area (TPSA) is 42.7 Å². The fourth-order valence-electron chi connectivity index (χ4n) is 1.41. The molecule has 84 valence electrons. The zero-order valence-corrected chi connectivity index (χ0v) is 9.59. The highest BCUT2D eigenvalue weighted by Gasteiger charge is 2.01. The maximum atomic E-state index is 4.28. The maximum absolute atomic E-state index is 4.28. The Morgan fingerprint density at radius 3 is 2.88 bits per heavy atom. The second-order valence-electron chi connectivity index (χ2n) is 3.99. The Bertz CT molecular complexity index is 433. The van der Waals surface area contributed by atoms with E-state index in [9.17, 15) is 0 Å². The van der Waals surface area contributed by atoms with E-state index in [1.54, 1.807) is 6.20 Å². The van der Waals surface area contributed by atoms with Crippen LogP contribution >= 0.6 is 0 Å². The predicted molar refractivity (Wildman–Crippen MR) is 64.2 cm³/mol. The van der Waals surface area contributed by atoms with Gasteiger partial charge in [-0.15, -0.1) is 0 Å². The molecule has 0 spiro atoms. The van der Waals surface area contributed by atoms with Crippen molar-refractivity contribution in [1.82, 2.24) is 14.8 Å². The first-order valence-electron chi connectivity index (χ1n) is 5.43. The number of rotatable bonds is 4. The molecule has 0 unspecified atom stereocenters. The molecule has 2 aromatic heterocycles. The molecule has 0 aromatic carbocycles. The van der Waals surface area contributed by atoms with Crippen LogP contribution < -0.4 is 5.32 Å². The van der Waals surface area contributed by atoms with Crippen LogP contribution in [0.2, 0.25) is 0 Å². The normalized spacial score (nSPS) is 10.7. The fourth-order valence-corrected chi connectivity index (χ4v) is 1.41. The molecule has 0 radical (unpaired) electrons.